The van der Waals surface area contributed by atoms with E-state index in [1.165, 1.54) is 15.6 Å². The van der Waals surface area contributed by atoms with Gasteiger partial charge < -0.3 is 5.73 Å². The van der Waals surface area contributed by atoms with Gasteiger partial charge in [0.05, 0.1) is 8.77 Å². The highest BCUT2D eigenvalue weighted by Gasteiger charge is 2.25. The molecule has 0 bridgehead atoms. The second-order valence-electron chi connectivity index (χ2n) is 3.74. The number of rotatable bonds is 6. The number of aryl methyl sites for hydroxylation is 1. The van der Waals surface area contributed by atoms with Gasteiger partial charge in [-0.15, -0.1) is 11.3 Å². The molecule has 0 radical (unpaired) electrons. The lowest BCUT2D eigenvalue weighted by atomic mass is 10.4. The maximum atomic E-state index is 12.4. The topological polar surface area (TPSA) is 63.4 Å². The zero-order chi connectivity index (χ0) is 13.9. The van der Waals surface area contributed by atoms with Crippen LogP contribution in [0.1, 0.15) is 18.9 Å². The van der Waals surface area contributed by atoms with E-state index in [-0.39, 0.29) is 0 Å². The Kier molecular flexibility index (Phi) is 5.72. The lowest BCUT2D eigenvalue weighted by Gasteiger charge is -2.18. The number of hydrogen-bond donors (Lipinski definition) is 1. The van der Waals surface area contributed by atoms with Gasteiger partial charge >= 0.3 is 0 Å². The molecule has 8 heteroatoms. The van der Waals surface area contributed by atoms with Crippen LogP contribution in [0.3, 0.4) is 0 Å². The Hall–Kier alpha value is -0.0200. The zero-order valence-electron chi connectivity index (χ0n) is 10.1. The van der Waals surface area contributed by atoms with Crippen molar-refractivity contribution in [3.63, 3.8) is 0 Å². The minimum atomic E-state index is -3.44. The number of hydrogen-bond acceptors (Lipinski definition) is 4. The standard InChI is InChI=1S/C10H15BrN2O2S3/c1-3-13(5-4-8(12)16)18(14,15)9-6-7(2)10(11)17-9/h6H,3-5H2,1-2H3,(H2,12,16). The molecular formula is C10H15BrN2O2S3. The van der Waals surface area contributed by atoms with Crippen LogP contribution in [0.4, 0.5) is 0 Å². The lowest BCUT2D eigenvalue weighted by Crippen LogP contribution is -2.33. The smallest absolute Gasteiger partial charge is 0.252 e. The second-order valence-corrected chi connectivity index (χ2v) is 8.79. The Morgan fingerprint density at radius 3 is 2.61 bits per heavy atom. The van der Waals surface area contributed by atoms with Gasteiger partial charge in [-0.05, 0) is 34.5 Å². The van der Waals surface area contributed by atoms with E-state index in [9.17, 15) is 8.42 Å². The van der Waals surface area contributed by atoms with Gasteiger partial charge in [0.1, 0.15) is 4.21 Å². The van der Waals surface area contributed by atoms with Gasteiger partial charge in [0.15, 0.2) is 0 Å². The molecule has 0 saturated carbocycles. The number of halogens is 1. The van der Waals surface area contributed by atoms with E-state index in [2.05, 4.69) is 15.9 Å². The predicted molar refractivity (Wildman–Crippen MR) is 82.6 cm³/mol. The Bertz CT molecular complexity index is 520. The third kappa shape index (κ3) is 3.74. The fourth-order valence-corrected chi connectivity index (χ4v) is 5.29. The molecule has 0 aliphatic rings. The molecule has 0 amide bonds. The predicted octanol–water partition coefficient (Wildman–Crippen LogP) is 2.51. The summed E-state index contributed by atoms with van der Waals surface area (Å²) in [5.41, 5.74) is 6.33. The van der Waals surface area contributed by atoms with Crippen molar-refractivity contribution in [2.45, 2.75) is 24.5 Å². The van der Waals surface area contributed by atoms with Gasteiger partial charge in [-0.1, -0.05) is 19.1 Å². The third-order valence-corrected chi connectivity index (χ3v) is 7.15. The maximum Gasteiger partial charge on any atom is 0.252 e. The van der Waals surface area contributed by atoms with Crippen LogP contribution >= 0.6 is 39.5 Å². The van der Waals surface area contributed by atoms with Crippen molar-refractivity contribution >= 4 is 54.5 Å². The van der Waals surface area contributed by atoms with Crippen LogP contribution in [0.2, 0.25) is 0 Å². The van der Waals surface area contributed by atoms with E-state index in [1.807, 2.05) is 6.92 Å². The number of nitrogens with zero attached hydrogens (tertiary/aromatic N) is 1. The molecule has 0 aliphatic carbocycles. The maximum absolute atomic E-state index is 12.4. The molecule has 2 N–H and O–H groups in total. The van der Waals surface area contributed by atoms with Crippen molar-refractivity contribution in [3.05, 3.63) is 15.4 Å². The fraction of sp³-hybridized carbons (Fsp3) is 0.500. The van der Waals surface area contributed by atoms with E-state index in [0.717, 1.165) is 9.35 Å². The van der Waals surface area contributed by atoms with E-state index >= 15 is 0 Å². The summed E-state index contributed by atoms with van der Waals surface area (Å²) in [5, 5.41) is 0. The first kappa shape index (κ1) is 16.0. The van der Waals surface area contributed by atoms with E-state index in [1.54, 1.807) is 13.0 Å². The molecule has 0 spiro atoms. The van der Waals surface area contributed by atoms with Crippen LogP contribution in [-0.4, -0.2) is 30.8 Å². The quantitative estimate of drug-likeness (QED) is 0.781. The summed E-state index contributed by atoms with van der Waals surface area (Å²) in [6.07, 6.45) is 0.397. The Morgan fingerprint density at radius 2 is 2.22 bits per heavy atom. The summed E-state index contributed by atoms with van der Waals surface area (Å²) < 4.78 is 27.3. The van der Waals surface area contributed by atoms with E-state index < -0.39 is 10.0 Å². The first-order valence-corrected chi connectivity index (χ1v) is 8.79. The Labute approximate surface area is 125 Å². The monoisotopic (exact) mass is 370 g/mol. The molecular weight excluding hydrogens is 356 g/mol. The summed E-state index contributed by atoms with van der Waals surface area (Å²) in [4.78, 5) is 0.326. The normalized spacial score (nSPS) is 12.0. The molecule has 1 aromatic rings. The molecule has 102 valence electrons. The summed E-state index contributed by atoms with van der Waals surface area (Å²) in [6, 6.07) is 1.67. The molecule has 0 atom stereocenters. The first-order chi connectivity index (χ1) is 8.28. The number of thiophene rings is 1. The Balaban J connectivity index is 2.99. The van der Waals surface area contributed by atoms with Crippen molar-refractivity contribution in [2.24, 2.45) is 5.73 Å². The molecule has 18 heavy (non-hydrogen) atoms. The molecule has 0 unspecified atom stereocenters. The zero-order valence-corrected chi connectivity index (χ0v) is 14.2. The van der Waals surface area contributed by atoms with Gasteiger partial charge in [0.2, 0.25) is 0 Å². The van der Waals surface area contributed by atoms with Crippen LogP contribution in [0, 0.1) is 6.92 Å². The summed E-state index contributed by atoms with van der Waals surface area (Å²) in [7, 11) is -3.44. The molecule has 0 aromatic carbocycles. The van der Waals surface area contributed by atoms with E-state index in [4.69, 9.17) is 18.0 Å². The van der Waals surface area contributed by atoms with Gasteiger partial charge in [-0.2, -0.15) is 4.31 Å². The van der Waals surface area contributed by atoms with E-state index in [0.29, 0.717) is 28.7 Å². The van der Waals surface area contributed by atoms with Gasteiger partial charge in [-0.25, -0.2) is 8.42 Å². The van der Waals surface area contributed by atoms with Crippen molar-refractivity contribution in [2.75, 3.05) is 13.1 Å². The minimum Gasteiger partial charge on any atom is -0.393 e. The number of sulfonamides is 1. The van der Waals surface area contributed by atoms with Crippen LogP contribution in [0.25, 0.3) is 0 Å². The van der Waals surface area contributed by atoms with Crippen LogP contribution in [-0.2, 0) is 10.0 Å². The summed E-state index contributed by atoms with van der Waals surface area (Å²) in [5.74, 6) is 0. The molecule has 0 aliphatic heterocycles. The molecule has 4 nitrogen and oxygen atoms in total. The van der Waals surface area contributed by atoms with Crippen LogP contribution in [0.5, 0.6) is 0 Å². The van der Waals surface area contributed by atoms with Gasteiger partial charge in [0.25, 0.3) is 10.0 Å². The SMILES string of the molecule is CCN(CCC(N)=S)S(=O)(=O)c1cc(C)c(Br)s1. The van der Waals surface area contributed by atoms with Crippen molar-refractivity contribution in [1.82, 2.24) is 4.31 Å². The number of nitrogens with two attached hydrogens (primary N) is 1. The highest BCUT2D eigenvalue weighted by molar-refractivity contribution is 9.11. The highest BCUT2D eigenvalue weighted by Crippen LogP contribution is 2.32. The lowest BCUT2D eigenvalue weighted by molar-refractivity contribution is 0.438. The highest BCUT2D eigenvalue weighted by atomic mass is 79.9. The van der Waals surface area contributed by atoms with Crippen molar-refractivity contribution < 1.29 is 8.42 Å². The molecule has 1 rings (SSSR count). The summed E-state index contributed by atoms with van der Waals surface area (Å²) in [6.45, 7) is 4.39. The average Bonchev–Trinajstić information content (AvgIpc) is 2.60. The van der Waals surface area contributed by atoms with Crippen molar-refractivity contribution in [3.8, 4) is 0 Å². The largest absolute Gasteiger partial charge is 0.393 e. The molecule has 1 aromatic heterocycles. The van der Waals surface area contributed by atoms with Crippen LogP contribution in [0.15, 0.2) is 14.1 Å². The average molecular weight is 371 g/mol. The first-order valence-electron chi connectivity index (χ1n) is 5.33. The molecule has 0 saturated heterocycles. The fourth-order valence-electron chi connectivity index (χ4n) is 1.37. The number of thiocarbonyl (C=S) groups is 1. The minimum absolute atomic E-state index is 0.322. The third-order valence-electron chi connectivity index (χ3n) is 2.39. The summed E-state index contributed by atoms with van der Waals surface area (Å²) >= 11 is 9.34. The van der Waals surface area contributed by atoms with Gasteiger partial charge in [0, 0.05) is 19.5 Å². The van der Waals surface area contributed by atoms with Gasteiger partial charge in [-0.3, -0.25) is 0 Å². The van der Waals surface area contributed by atoms with Crippen LogP contribution < -0.4 is 5.73 Å². The Morgan fingerprint density at radius 1 is 1.61 bits per heavy atom. The molecule has 0 fully saturated rings. The van der Waals surface area contributed by atoms with Crippen molar-refractivity contribution in [1.29, 1.82) is 0 Å². The molecule has 1 heterocycles. The second kappa shape index (κ2) is 6.42.